The van der Waals surface area contributed by atoms with Gasteiger partial charge in [-0.1, -0.05) is 12.1 Å². The zero-order chi connectivity index (χ0) is 21.6. The maximum atomic E-state index is 13.3. The molecule has 4 rings (SSSR count). The summed E-state index contributed by atoms with van der Waals surface area (Å²) in [6, 6.07) is 16.1. The minimum atomic E-state index is -0.299. The summed E-state index contributed by atoms with van der Waals surface area (Å²) >= 11 is 0. The van der Waals surface area contributed by atoms with Crippen molar-refractivity contribution in [2.24, 2.45) is 0 Å². The fraction of sp³-hybridized carbons (Fsp3) is 0.174. The second-order valence-electron chi connectivity index (χ2n) is 6.87. The first-order chi connectivity index (χ1) is 15.1. The lowest BCUT2D eigenvalue weighted by Gasteiger charge is -2.12. The highest BCUT2D eigenvalue weighted by atomic mass is 19.1. The topological polar surface area (TPSA) is 72.0 Å². The molecule has 6 nitrogen and oxygen atoms in total. The van der Waals surface area contributed by atoms with E-state index >= 15 is 0 Å². The number of rotatable bonds is 8. The first-order valence-corrected chi connectivity index (χ1v) is 9.78. The molecule has 0 saturated heterocycles. The Kier molecular flexibility index (Phi) is 6.28. The third kappa shape index (κ3) is 5.10. The molecule has 0 radical (unpaired) electrons. The maximum Gasteiger partial charge on any atom is 0.225 e. The molecule has 0 aliphatic rings. The predicted molar refractivity (Wildman–Crippen MR) is 117 cm³/mol. The molecule has 0 unspecified atom stereocenters. The lowest BCUT2D eigenvalue weighted by molar-refractivity contribution is 0.210. The van der Waals surface area contributed by atoms with Gasteiger partial charge in [0.05, 0.1) is 17.8 Å². The fourth-order valence-electron chi connectivity index (χ4n) is 3.05. The highest BCUT2D eigenvalue weighted by Crippen LogP contribution is 2.25. The molecular formula is C23H21F2N5O. The second kappa shape index (κ2) is 9.44. The minimum Gasteiger partial charge on any atom is -0.383 e. The Labute approximate surface area is 178 Å². The van der Waals surface area contributed by atoms with Crippen LogP contribution in [0.2, 0.25) is 0 Å². The number of ether oxygens (including phenoxy) is 1. The van der Waals surface area contributed by atoms with Gasteiger partial charge >= 0.3 is 0 Å². The number of aromatic nitrogens is 3. The number of methoxy groups -OCH3 is 1. The molecule has 2 N–H and O–H groups in total. The van der Waals surface area contributed by atoms with Crippen LogP contribution >= 0.6 is 0 Å². The quantitative estimate of drug-likeness (QED) is 0.404. The van der Waals surface area contributed by atoms with Gasteiger partial charge in [-0.3, -0.25) is 0 Å². The van der Waals surface area contributed by atoms with Gasteiger partial charge in [0.25, 0.3) is 0 Å². The van der Waals surface area contributed by atoms with E-state index in [1.54, 1.807) is 31.4 Å². The van der Waals surface area contributed by atoms with Crippen LogP contribution in [0.3, 0.4) is 0 Å². The Morgan fingerprint density at radius 1 is 0.806 bits per heavy atom. The molecule has 0 aliphatic carbocycles. The molecular weight excluding hydrogens is 400 g/mol. The lowest BCUT2D eigenvalue weighted by atomic mass is 10.1. The molecule has 0 aliphatic heterocycles. The number of nitrogens with one attached hydrogen (secondary N) is 2. The van der Waals surface area contributed by atoms with Crippen LogP contribution < -0.4 is 10.6 Å². The van der Waals surface area contributed by atoms with E-state index in [9.17, 15) is 8.78 Å². The van der Waals surface area contributed by atoms with Crippen molar-refractivity contribution in [3.63, 3.8) is 0 Å². The summed E-state index contributed by atoms with van der Waals surface area (Å²) in [5.41, 5.74) is 3.65. The Morgan fingerprint density at radius 3 is 2.23 bits per heavy atom. The van der Waals surface area contributed by atoms with E-state index in [1.165, 1.54) is 24.3 Å². The summed E-state index contributed by atoms with van der Waals surface area (Å²) in [5.74, 6) is 0.408. The van der Waals surface area contributed by atoms with Gasteiger partial charge in [-0.05, 0) is 54.1 Å². The van der Waals surface area contributed by atoms with Crippen LogP contribution in [0, 0.1) is 11.6 Å². The zero-order valence-electron chi connectivity index (χ0n) is 16.9. The first-order valence-electron chi connectivity index (χ1n) is 9.78. The molecule has 0 atom stereocenters. The van der Waals surface area contributed by atoms with Crippen molar-refractivity contribution in [3.05, 3.63) is 77.9 Å². The fourth-order valence-corrected chi connectivity index (χ4v) is 3.05. The average molecular weight is 421 g/mol. The van der Waals surface area contributed by atoms with Crippen molar-refractivity contribution in [3.8, 4) is 11.3 Å². The number of hydrogen-bond donors (Lipinski definition) is 2. The van der Waals surface area contributed by atoms with Gasteiger partial charge in [-0.15, -0.1) is 0 Å². The molecule has 2 aromatic carbocycles. The standard InChI is InChI=1S/C23H21F2N5O/c1-31-13-12-26-22-21-20(11-10-19(28-21)16-4-8-18(25)9-5-16)29-23(30-22)27-14-15-2-6-17(24)7-3-15/h2-11H,12-14H2,1H3,(H2,26,27,29,30). The lowest BCUT2D eigenvalue weighted by Crippen LogP contribution is -2.12. The molecule has 0 amide bonds. The maximum absolute atomic E-state index is 13.3. The molecule has 2 heterocycles. The van der Waals surface area contributed by atoms with Gasteiger partial charge < -0.3 is 15.4 Å². The van der Waals surface area contributed by atoms with Crippen molar-refractivity contribution >= 4 is 22.8 Å². The molecule has 0 spiro atoms. The van der Waals surface area contributed by atoms with Crippen molar-refractivity contribution in [2.75, 3.05) is 30.9 Å². The zero-order valence-corrected chi connectivity index (χ0v) is 16.9. The van der Waals surface area contributed by atoms with Crippen LogP contribution in [0.5, 0.6) is 0 Å². The second-order valence-corrected chi connectivity index (χ2v) is 6.87. The van der Waals surface area contributed by atoms with Crippen LogP contribution in [-0.4, -0.2) is 35.2 Å². The molecule has 4 aromatic rings. The van der Waals surface area contributed by atoms with Gasteiger partial charge in [-0.2, -0.15) is 4.98 Å². The first kappa shape index (κ1) is 20.6. The van der Waals surface area contributed by atoms with Gasteiger partial charge in [0, 0.05) is 25.8 Å². The summed E-state index contributed by atoms with van der Waals surface area (Å²) in [6.07, 6.45) is 0. The van der Waals surface area contributed by atoms with E-state index in [2.05, 4.69) is 20.6 Å². The smallest absolute Gasteiger partial charge is 0.225 e. The van der Waals surface area contributed by atoms with Crippen LogP contribution in [-0.2, 0) is 11.3 Å². The third-order valence-electron chi connectivity index (χ3n) is 4.64. The average Bonchev–Trinajstić information content (AvgIpc) is 2.79. The minimum absolute atomic E-state index is 0.279. The van der Waals surface area contributed by atoms with Crippen molar-refractivity contribution in [2.45, 2.75) is 6.54 Å². The summed E-state index contributed by atoms with van der Waals surface area (Å²) in [7, 11) is 1.63. The van der Waals surface area contributed by atoms with Crippen molar-refractivity contribution in [1.82, 2.24) is 15.0 Å². The Bertz CT molecular complexity index is 1170. The van der Waals surface area contributed by atoms with Crippen LogP contribution in [0.15, 0.2) is 60.7 Å². The van der Waals surface area contributed by atoms with E-state index in [4.69, 9.17) is 9.72 Å². The molecule has 0 fully saturated rings. The largest absolute Gasteiger partial charge is 0.383 e. The SMILES string of the molecule is COCCNc1nc(NCc2ccc(F)cc2)nc2ccc(-c3ccc(F)cc3)nc12. The monoisotopic (exact) mass is 421 g/mol. The van der Waals surface area contributed by atoms with E-state index in [1.807, 2.05) is 12.1 Å². The van der Waals surface area contributed by atoms with Crippen molar-refractivity contribution in [1.29, 1.82) is 0 Å². The normalized spacial score (nSPS) is 10.9. The summed E-state index contributed by atoms with van der Waals surface area (Å²) in [4.78, 5) is 13.8. The molecule has 0 bridgehead atoms. The van der Waals surface area contributed by atoms with Gasteiger partial charge in [-0.25, -0.2) is 18.7 Å². The summed E-state index contributed by atoms with van der Waals surface area (Å²) < 4.78 is 31.5. The predicted octanol–water partition coefficient (Wildman–Crippen LogP) is 4.64. The highest BCUT2D eigenvalue weighted by Gasteiger charge is 2.11. The number of hydrogen-bond acceptors (Lipinski definition) is 6. The number of benzene rings is 2. The van der Waals surface area contributed by atoms with E-state index < -0.39 is 0 Å². The number of fused-ring (bicyclic) bond motifs is 1. The number of halogens is 2. The Balaban J connectivity index is 1.65. The molecule has 0 saturated carbocycles. The molecule has 8 heteroatoms. The van der Waals surface area contributed by atoms with Gasteiger partial charge in [0.15, 0.2) is 5.82 Å². The number of anilines is 2. The Hall–Kier alpha value is -3.65. The number of pyridine rings is 1. The molecule has 158 valence electrons. The van der Waals surface area contributed by atoms with Gasteiger partial charge in [0.2, 0.25) is 5.95 Å². The summed E-state index contributed by atoms with van der Waals surface area (Å²) in [5, 5.41) is 6.40. The van der Waals surface area contributed by atoms with Crippen molar-refractivity contribution < 1.29 is 13.5 Å². The van der Waals surface area contributed by atoms with Crippen LogP contribution in [0.4, 0.5) is 20.5 Å². The van der Waals surface area contributed by atoms with Gasteiger partial charge in [0.1, 0.15) is 17.2 Å². The summed E-state index contributed by atoms with van der Waals surface area (Å²) in [6.45, 7) is 1.49. The number of nitrogens with zero attached hydrogens (tertiary/aromatic N) is 3. The van der Waals surface area contributed by atoms with Crippen LogP contribution in [0.25, 0.3) is 22.3 Å². The van der Waals surface area contributed by atoms with E-state index in [-0.39, 0.29) is 11.6 Å². The highest BCUT2D eigenvalue weighted by molar-refractivity contribution is 5.88. The third-order valence-corrected chi connectivity index (χ3v) is 4.64. The molecule has 2 aromatic heterocycles. The molecule has 31 heavy (non-hydrogen) atoms. The van der Waals surface area contributed by atoms with E-state index in [0.717, 1.165) is 11.1 Å². The van der Waals surface area contributed by atoms with Crippen LogP contribution in [0.1, 0.15) is 5.56 Å². The van der Waals surface area contributed by atoms with E-state index in [0.29, 0.717) is 48.2 Å². The Morgan fingerprint density at radius 2 is 1.52 bits per heavy atom.